The van der Waals surface area contributed by atoms with E-state index in [0.29, 0.717) is 0 Å². The van der Waals surface area contributed by atoms with Crippen LogP contribution in [-0.4, -0.2) is 45.5 Å². The van der Waals surface area contributed by atoms with Crippen LogP contribution in [0.1, 0.15) is 12.8 Å². The largest absolute Gasteiger partial charge is 0.497 e. The summed E-state index contributed by atoms with van der Waals surface area (Å²) in [6.45, 7) is 1.51. The summed E-state index contributed by atoms with van der Waals surface area (Å²) in [6.07, 6.45) is 7.07. The number of carbonyl (C=O) groups excluding carboxylic acids is 1. The number of amides is 1. The number of pyridine rings is 1. The molecule has 1 amide bonds. The van der Waals surface area contributed by atoms with Crippen LogP contribution in [0.15, 0.2) is 91.5 Å². The molecule has 0 atom stereocenters. The number of para-hydroxylation sites is 1. The first-order valence-corrected chi connectivity index (χ1v) is 12.7. The Bertz CT molecular complexity index is 1540. The molecular weight excluding hydrogens is 476 g/mol. The monoisotopic (exact) mass is 504 g/mol. The number of benzene rings is 2. The van der Waals surface area contributed by atoms with Gasteiger partial charge in [0, 0.05) is 48.6 Å². The van der Waals surface area contributed by atoms with E-state index in [1.165, 1.54) is 0 Å². The molecule has 3 aromatic heterocycles. The van der Waals surface area contributed by atoms with Crippen LogP contribution in [0, 0.1) is 5.92 Å². The van der Waals surface area contributed by atoms with Gasteiger partial charge < -0.3 is 19.4 Å². The Labute approximate surface area is 221 Å². The van der Waals surface area contributed by atoms with E-state index in [0.717, 1.165) is 71.3 Å². The number of carbonyl (C=O) groups is 1. The smallest absolute Gasteiger partial charge is 0.227 e. The third kappa shape index (κ3) is 4.80. The van der Waals surface area contributed by atoms with Gasteiger partial charge in [-0.25, -0.2) is 15.0 Å². The lowest BCUT2D eigenvalue weighted by Crippen LogP contribution is -2.38. The lowest BCUT2D eigenvalue weighted by molar-refractivity contribution is -0.120. The molecule has 1 saturated heterocycles. The highest BCUT2D eigenvalue weighted by Crippen LogP contribution is 2.30. The van der Waals surface area contributed by atoms with Crippen molar-refractivity contribution >= 4 is 23.1 Å². The lowest BCUT2D eigenvalue weighted by atomic mass is 9.95. The van der Waals surface area contributed by atoms with Crippen molar-refractivity contribution in [2.45, 2.75) is 12.8 Å². The molecular formula is C30H28N6O2. The molecule has 1 aliphatic rings. The number of aromatic nitrogens is 4. The lowest BCUT2D eigenvalue weighted by Gasteiger charge is -2.32. The molecule has 8 heteroatoms. The quantitative estimate of drug-likeness (QED) is 0.337. The maximum absolute atomic E-state index is 13.3. The van der Waals surface area contributed by atoms with Crippen molar-refractivity contribution in [3.8, 4) is 28.3 Å². The van der Waals surface area contributed by atoms with Crippen molar-refractivity contribution < 1.29 is 9.53 Å². The summed E-state index contributed by atoms with van der Waals surface area (Å²) in [5, 5.41) is 3.18. The van der Waals surface area contributed by atoms with Gasteiger partial charge in [0.15, 0.2) is 0 Å². The minimum atomic E-state index is -0.0664. The number of rotatable bonds is 6. The first-order valence-electron chi connectivity index (χ1n) is 12.7. The number of anilines is 2. The highest BCUT2D eigenvalue weighted by Gasteiger charge is 2.26. The van der Waals surface area contributed by atoms with E-state index in [1.54, 1.807) is 13.4 Å². The second-order valence-corrected chi connectivity index (χ2v) is 9.38. The highest BCUT2D eigenvalue weighted by atomic mass is 16.5. The Balaban J connectivity index is 1.12. The topological polar surface area (TPSA) is 84.7 Å². The van der Waals surface area contributed by atoms with E-state index in [1.807, 2.05) is 89.6 Å². The summed E-state index contributed by atoms with van der Waals surface area (Å²) in [7, 11) is 1.65. The molecule has 6 rings (SSSR count). The van der Waals surface area contributed by atoms with Gasteiger partial charge in [0.25, 0.3) is 0 Å². The fourth-order valence-corrected chi connectivity index (χ4v) is 4.93. The molecule has 190 valence electrons. The standard InChI is InChI=1S/C30H28N6O2/c1-38-23-11-9-21(10-12-23)26-18-29(32-20-31-26)35-16-13-22(14-17-35)30(37)34-25-7-3-2-6-24(25)27-19-36-15-5-4-8-28(36)33-27/h2-12,15,18-20,22H,13-14,16-17H2,1H3,(H,34,37). The molecule has 5 aromatic rings. The second-order valence-electron chi connectivity index (χ2n) is 9.38. The van der Waals surface area contributed by atoms with Crippen LogP contribution < -0.4 is 15.0 Å². The summed E-state index contributed by atoms with van der Waals surface area (Å²) >= 11 is 0. The van der Waals surface area contributed by atoms with Gasteiger partial charge in [-0.1, -0.05) is 24.3 Å². The van der Waals surface area contributed by atoms with Gasteiger partial charge in [0.05, 0.1) is 24.2 Å². The molecule has 0 spiro atoms. The van der Waals surface area contributed by atoms with E-state index in [-0.39, 0.29) is 11.8 Å². The van der Waals surface area contributed by atoms with E-state index < -0.39 is 0 Å². The average Bonchev–Trinajstić information content (AvgIpc) is 3.42. The van der Waals surface area contributed by atoms with Crippen molar-refractivity contribution in [2.24, 2.45) is 5.92 Å². The minimum Gasteiger partial charge on any atom is -0.497 e. The molecule has 0 aliphatic carbocycles. The van der Waals surface area contributed by atoms with Crippen LogP contribution in [0.4, 0.5) is 11.5 Å². The van der Waals surface area contributed by atoms with Crippen LogP contribution in [0.5, 0.6) is 5.75 Å². The Kier molecular flexibility index (Phi) is 6.44. The third-order valence-corrected chi connectivity index (χ3v) is 7.05. The van der Waals surface area contributed by atoms with Crippen LogP contribution in [0.25, 0.3) is 28.2 Å². The molecule has 2 aromatic carbocycles. The maximum Gasteiger partial charge on any atom is 0.227 e. The second kappa shape index (κ2) is 10.3. The number of piperidine rings is 1. The zero-order valence-corrected chi connectivity index (χ0v) is 21.1. The van der Waals surface area contributed by atoms with Gasteiger partial charge in [0.2, 0.25) is 5.91 Å². The van der Waals surface area contributed by atoms with Crippen LogP contribution in [0.2, 0.25) is 0 Å². The van der Waals surface area contributed by atoms with E-state index in [4.69, 9.17) is 9.72 Å². The Hall–Kier alpha value is -4.72. The number of methoxy groups -OCH3 is 1. The number of hydrogen-bond donors (Lipinski definition) is 1. The van der Waals surface area contributed by atoms with Crippen LogP contribution in [0.3, 0.4) is 0 Å². The van der Waals surface area contributed by atoms with E-state index in [2.05, 4.69) is 20.2 Å². The first-order chi connectivity index (χ1) is 18.7. The molecule has 4 heterocycles. The first kappa shape index (κ1) is 23.7. The van der Waals surface area contributed by atoms with Gasteiger partial charge >= 0.3 is 0 Å². The van der Waals surface area contributed by atoms with Crippen LogP contribution >= 0.6 is 0 Å². The fraction of sp³-hybridized carbons (Fsp3) is 0.200. The number of imidazole rings is 1. The fourth-order valence-electron chi connectivity index (χ4n) is 4.93. The SMILES string of the molecule is COc1ccc(-c2cc(N3CCC(C(=O)Nc4ccccc4-c4cn5ccccc5n4)CC3)ncn2)cc1. The summed E-state index contributed by atoms with van der Waals surface area (Å²) in [5.74, 6) is 1.66. The molecule has 38 heavy (non-hydrogen) atoms. The van der Waals surface area contributed by atoms with Crippen molar-refractivity contribution in [1.82, 2.24) is 19.4 Å². The van der Waals surface area contributed by atoms with Gasteiger partial charge in [-0.15, -0.1) is 0 Å². The summed E-state index contributed by atoms with van der Waals surface area (Å²) in [4.78, 5) is 29.2. The predicted octanol–water partition coefficient (Wildman–Crippen LogP) is 5.32. The Morgan fingerprint density at radius 3 is 2.53 bits per heavy atom. The molecule has 1 aliphatic heterocycles. The van der Waals surface area contributed by atoms with E-state index in [9.17, 15) is 4.79 Å². The summed E-state index contributed by atoms with van der Waals surface area (Å²) < 4.78 is 7.24. The van der Waals surface area contributed by atoms with Crippen molar-refractivity contribution in [1.29, 1.82) is 0 Å². The molecule has 1 fully saturated rings. The van der Waals surface area contributed by atoms with Crippen molar-refractivity contribution in [2.75, 3.05) is 30.4 Å². The van der Waals surface area contributed by atoms with Gasteiger partial charge in [-0.3, -0.25) is 4.79 Å². The summed E-state index contributed by atoms with van der Waals surface area (Å²) in [6, 6.07) is 23.6. The number of ether oxygens (including phenoxy) is 1. The average molecular weight is 505 g/mol. The van der Waals surface area contributed by atoms with Crippen molar-refractivity contribution in [3.63, 3.8) is 0 Å². The zero-order valence-electron chi connectivity index (χ0n) is 21.1. The summed E-state index contributed by atoms with van der Waals surface area (Å²) in [5.41, 5.74) is 5.26. The molecule has 0 saturated carbocycles. The molecule has 0 bridgehead atoms. The number of nitrogens with zero attached hydrogens (tertiary/aromatic N) is 5. The van der Waals surface area contributed by atoms with Gasteiger partial charge in [0.1, 0.15) is 23.5 Å². The minimum absolute atomic E-state index is 0.0440. The molecule has 8 nitrogen and oxygen atoms in total. The molecule has 1 N–H and O–H groups in total. The van der Waals surface area contributed by atoms with Crippen molar-refractivity contribution in [3.05, 3.63) is 91.5 Å². The maximum atomic E-state index is 13.3. The third-order valence-electron chi connectivity index (χ3n) is 7.05. The zero-order chi connectivity index (χ0) is 25.9. The predicted molar refractivity (Wildman–Crippen MR) is 148 cm³/mol. The van der Waals surface area contributed by atoms with E-state index >= 15 is 0 Å². The molecule has 0 radical (unpaired) electrons. The number of fused-ring (bicyclic) bond motifs is 1. The van der Waals surface area contributed by atoms with Crippen LogP contribution in [-0.2, 0) is 4.79 Å². The van der Waals surface area contributed by atoms with Gasteiger partial charge in [-0.05, 0) is 55.3 Å². The molecule has 0 unspecified atom stereocenters. The highest BCUT2D eigenvalue weighted by molar-refractivity contribution is 5.96. The Morgan fingerprint density at radius 1 is 0.947 bits per heavy atom. The number of hydrogen-bond acceptors (Lipinski definition) is 6. The Morgan fingerprint density at radius 2 is 1.74 bits per heavy atom. The number of nitrogens with one attached hydrogen (secondary N) is 1. The normalized spacial score (nSPS) is 14.0. The van der Waals surface area contributed by atoms with Gasteiger partial charge in [-0.2, -0.15) is 0 Å².